The highest BCUT2D eigenvalue weighted by Gasteiger charge is 2.19. The van der Waals surface area contributed by atoms with E-state index >= 15 is 0 Å². The quantitative estimate of drug-likeness (QED) is 0.657. The van der Waals surface area contributed by atoms with Gasteiger partial charge in [0, 0.05) is 29.1 Å². The maximum atomic E-state index is 13.6. The van der Waals surface area contributed by atoms with Gasteiger partial charge in [0.15, 0.2) is 24.0 Å². The van der Waals surface area contributed by atoms with Crippen molar-refractivity contribution in [2.24, 2.45) is 0 Å². The second-order valence-corrected chi connectivity index (χ2v) is 5.70. The van der Waals surface area contributed by atoms with Crippen LogP contribution >= 0.6 is 0 Å². The van der Waals surface area contributed by atoms with Crippen LogP contribution in [0.2, 0.25) is 0 Å². The number of hydrogen-bond acceptors (Lipinski definition) is 4. The van der Waals surface area contributed by atoms with Crippen molar-refractivity contribution in [3.63, 3.8) is 0 Å². The number of benzene rings is 1. The third-order valence-corrected chi connectivity index (χ3v) is 3.83. The summed E-state index contributed by atoms with van der Waals surface area (Å²) in [4.78, 5) is 12.4. The van der Waals surface area contributed by atoms with E-state index in [0.717, 1.165) is 17.8 Å². The Labute approximate surface area is 142 Å². The van der Waals surface area contributed by atoms with Crippen molar-refractivity contribution >= 4 is 5.78 Å². The van der Waals surface area contributed by atoms with Gasteiger partial charge in [-0.05, 0) is 39.0 Å². The minimum Gasteiger partial charge on any atom is -0.482 e. The van der Waals surface area contributed by atoms with Crippen molar-refractivity contribution in [1.82, 2.24) is 9.72 Å². The Hall–Kier alpha value is -2.96. The molecule has 0 N–H and O–H groups in total. The van der Waals surface area contributed by atoms with Crippen LogP contribution in [0.4, 0.5) is 8.78 Å². The van der Waals surface area contributed by atoms with Crippen LogP contribution in [0, 0.1) is 32.4 Å². The summed E-state index contributed by atoms with van der Waals surface area (Å²) < 4.78 is 38.5. The fourth-order valence-electron chi connectivity index (χ4n) is 2.67. The first-order valence-electron chi connectivity index (χ1n) is 7.60. The molecule has 0 saturated carbocycles. The first-order chi connectivity index (χ1) is 11.9. The molecule has 3 aromatic rings. The maximum absolute atomic E-state index is 13.6. The molecule has 0 aliphatic carbocycles. The summed E-state index contributed by atoms with van der Waals surface area (Å²) in [6, 6.07) is 6.41. The average Bonchev–Trinajstić information content (AvgIpc) is 3.09. The summed E-state index contributed by atoms with van der Waals surface area (Å²) >= 11 is 0. The molecule has 130 valence electrons. The van der Waals surface area contributed by atoms with Crippen LogP contribution in [0.1, 0.15) is 27.5 Å². The van der Waals surface area contributed by atoms with Gasteiger partial charge in [0.1, 0.15) is 11.6 Å². The van der Waals surface area contributed by atoms with E-state index in [-0.39, 0.29) is 18.1 Å². The molecule has 0 aliphatic heterocycles. The first kappa shape index (κ1) is 16.9. The van der Waals surface area contributed by atoms with Gasteiger partial charge in [-0.15, -0.1) is 0 Å². The van der Waals surface area contributed by atoms with E-state index in [9.17, 15) is 13.6 Å². The van der Waals surface area contributed by atoms with Gasteiger partial charge in [-0.2, -0.15) is 0 Å². The number of carbonyl (C=O) groups excluding carboxylic acids is 1. The predicted octanol–water partition coefficient (Wildman–Crippen LogP) is 3.93. The number of halogens is 2. The molecule has 0 bridgehead atoms. The van der Waals surface area contributed by atoms with Gasteiger partial charge in [0.05, 0.1) is 0 Å². The molecule has 1 aromatic carbocycles. The molecule has 3 rings (SSSR count). The Morgan fingerprint density at radius 1 is 1.20 bits per heavy atom. The standard InChI is InChI=1S/C18H16F2N2O3/c1-10-6-14(12(3)22(10)18-7-11(2)25-21-18)16(23)9-24-17-5-4-13(19)8-15(17)20/h4-8H,9H2,1-3H3. The number of Topliss-reactive ketones (excluding diaryl/α,β-unsaturated/α-hetero) is 1. The lowest BCUT2D eigenvalue weighted by Crippen LogP contribution is -2.13. The molecule has 0 fully saturated rings. The van der Waals surface area contributed by atoms with Gasteiger partial charge < -0.3 is 9.26 Å². The Balaban J connectivity index is 1.81. The van der Waals surface area contributed by atoms with E-state index in [2.05, 4.69) is 5.16 Å². The number of nitrogens with zero attached hydrogens (tertiary/aromatic N) is 2. The lowest BCUT2D eigenvalue weighted by atomic mass is 10.1. The van der Waals surface area contributed by atoms with E-state index in [1.807, 2.05) is 6.92 Å². The zero-order valence-corrected chi connectivity index (χ0v) is 14.0. The van der Waals surface area contributed by atoms with E-state index < -0.39 is 11.6 Å². The predicted molar refractivity (Wildman–Crippen MR) is 86.2 cm³/mol. The van der Waals surface area contributed by atoms with Gasteiger partial charge in [-0.3, -0.25) is 9.36 Å². The SMILES string of the molecule is Cc1cc(-n2c(C)cc(C(=O)COc3ccc(F)cc3F)c2C)no1. The monoisotopic (exact) mass is 346 g/mol. The zero-order valence-electron chi connectivity index (χ0n) is 14.0. The molecule has 2 aromatic heterocycles. The second kappa shape index (κ2) is 6.51. The molecule has 0 saturated heterocycles. The molecule has 0 aliphatic rings. The molecule has 0 radical (unpaired) electrons. The van der Waals surface area contributed by atoms with Crippen LogP contribution < -0.4 is 4.74 Å². The number of ether oxygens (including phenoxy) is 1. The number of hydrogen-bond donors (Lipinski definition) is 0. The molecule has 7 heteroatoms. The van der Waals surface area contributed by atoms with Gasteiger partial charge in [-0.25, -0.2) is 8.78 Å². The molecule has 0 amide bonds. The smallest absolute Gasteiger partial charge is 0.202 e. The highest BCUT2D eigenvalue weighted by Crippen LogP contribution is 2.22. The van der Waals surface area contributed by atoms with Gasteiger partial charge in [0.2, 0.25) is 5.78 Å². The molecular formula is C18H16F2N2O3. The van der Waals surface area contributed by atoms with E-state index in [1.54, 1.807) is 30.5 Å². The van der Waals surface area contributed by atoms with E-state index in [4.69, 9.17) is 9.26 Å². The molecule has 5 nitrogen and oxygen atoms in total. The van der Waals surface area contributed by atoms with Crippen LogP contribution in [-0.2, 0) is 0 Å². The third-order valence-electron chi connectivity index (χ3n) is 3.83. The van der Waals surface area contributed by atoms with Crippen LogP contribution in [0.25, 0.3) is 5.82 Å². The molecular weight excluding hydrogens is 330 g/mol. The Morgan fingerprint density at radius 2 is 1.96 bits per heavy atom. The Bertz CT molecular complexity index is 944. The number of rotatable bonds is 5. The number of ketones is 1. The summed E-state index contributed by atoms with van der Waals surface area (Å²) in [5.74, 6) is -0.805. The van der Waals surface area contributed by atoms with Crippen molar-refractivity contribution in [3.8, 4) is 11.6 Å². The van der Waals surface area contributed by atoms with Crippen LogP contribution in [0.15, 0.2) is 34.9 Å². The fourth-order valence-corrected chi connectivity index (χ4v) is 2.67. The summed E-state index contributed by atoms with van der Waals surface area (Å²) in [5, 5.41) is 3.95. The number of aromatic nitrogens is 2. The number of carbonyl (C=O) groups is 1. The third kappa shape index (κ3) is 3.31. The summed E-state index contributed by atoms with van der Waals surface area (Å²) in [5.41, 5.74) is 1.93. The number of aryl methyl sites for hydroxylation is 2. The van der Waals surface area contributed by atoms with Crippen molar-refractivity contribution < 1.29 is 22.8 Å². The largest absolute Gasteiger partial charge is 0.482 e. The highest BCUT2D eigenvalue weighted by atomic mass is 19.1. The minimum absolute atomic E-state index is 0.171. The van der Waals surface area contributed by atoms with Gasteiger partial charge in [-0.1, -0.05) is 5.16 Å². The summed E-state index contributed by atoms with van der Waals surface area (Å²) in [6.07, 6.45) is 0. The van der Waals surface area contributed by atoms with Gasteiger partial charge >= 0.3 is 0 Å². The van der Waals surface area contributed by atoms with Crippen LogP contribution in [-0.4, -0.2) is 22.1 Å². The van der Waals surface area contributed by atoms with Crippen LogP contribution in [0.3, 0.4) is 0 Å². The second-order valence-electron chi connectivity index (χ2n) is 5.70. The van der Waals surface area contributed by atoms with E-state index in [1.165, 1.54) is 0 Å². The maximum Gasteiger partial charge on any atom is 0.202 e. The molecule has 25 heavy (non-hydrogen) atoms. The van der Waals surface area contributed by atoms with Crippen molar-refractivity contribution in [1.29, 1.82) is 0 Å². The highest BCUT2D eigenvalue weighted by molar-refractivity contribution is 5.98. The molecule has 0 atom stereocenters. The average molecular weight is 346 g/mol. The topological polar surface area (TPSA) is 57.3 Å². The lowest BCUT2D eigenvalue weighted by Gasteiger charge is -2.07. The van der Waals surface area contributed by atoms with Crippen LogP contribution in [0.5, 0.6) is 5.75 Å². The van der Waals surface area contributed by atoms with E-state index in [0.29, 0.717) is 28.9 Å². The Morgan fingerprint density at radius 3 is 2.60 bits per heavy atom. The normalized spacial score (nSPS) is 10.9. The fraction of sp³-hybridized carbons (Fsp3) is 0.222. The summed E-state index contributed by atoms with van der Waals surface area (Å²) in [6.45, 7) is 5.05. The molecule has 0 spiro atoms. The molecule has 0 unspecified atom stereocenters. The molecule has 2 heterocycles. The van der Waals surface area contributed by atoms with Crippen molar-refractivity contribution in [3.05, 3.63) is 64.7 Å². The zero-order chi connectivity index (χ0) is 18.1. The Kier molecular flexibility index (Phi) is 4.39. The van der Waals surface area contributed by atoms with Crippen molar-refractivity contribution in [2.45, 2.75) is 20.8 Å². The first-order valence-corrected chi connectivity index (χ1v) is 7.60. The van der Waals surface area contributed by atoms with Gasteiger partial charge in [0.25, 0.3) is 0 Å². The lowest BCUT2D eigenvalue weighted by molar-refractivity contribution is 0.0918. The summed E-state index contributed by atoms with van der Waals surface area (Å²) in [7, 11) is 0. The minimum atomic E-state index is -0.851. The van der Waals surface area contributed by atoms with Crippen molar-refractivity contribution in [2.75, 3.05) is 6.61 Å².